The highest BCUT2D eigenvalue weighted by Gasteiger charge is 2.37. The van der Waals surface area contributed by atoms with Crippen LogP contribution in [0, 0.1) is 5.92 Å². The Morgan fingerprint density at radius 1 is 1.29 bits per heavy atom. The molecule has 1 aliphatic carbocycles. The minimum Gasteiger partial charge on any atom is -0.466 e. The Labute approximate surface area is 102 Å². The van der Waals surface area contributed by atoms with Crippen LogP contribution < -0.4 is 5.32 Å². The van der Waals surface area contributed by atoms with Crippen molar-refractivity contribution < 1.29 is 19.1 Å². The quantitative estimate of drug-likeness (QED) is 0.768. The minimum absolute atomic E-state index is 0.0271. The molecular formula is C12H21NO4. The number of hydrogen-bond donors (Lipinski definition) is 1. The van der Waals surface area contributed by atoms with Crippen molar-refractivity contribution in [2.45, 2.75) is 52.2 Å². The second kappa shape index (κ2) is 5.38. The van der Waals surface area contributed by atoms with Crippen LogP contribution in [0.15, 0.2) is 0 Å². The van der Waals surface area contributed by atoms with E-state index in [9.17, 15) is 9.59 Å². The van der Waals surface area contributed by atoms with Gasteiger partial charge in [0.15, 0.2) is 0 Å². The molecule has 0 aromatic heterocycles. The number of carbonyl (C=O) groups excluding carboxylic acids is 2. The van der Waals surface area contributed by atoms with Crippen LogP contribution >= 0.6 is 0 Å². The first-order valence-corrected chi connectivity index (χ1v) is 5.98. The fourth-order valence-electron chi connectivity index (χ4n) is 1.66. The van der Waals surface area contributed by atoms with Gasteiger partial charge in [-0.3, -0.25) is 4.79 Å². The van der Waals surface area contributed by atoms with Crippen molar-refractivity contribution in [3.63, 3.8) is 0 Å². The molecule has 0 heterocycles. The summed E-state index contributed by atoms with van der Waals surface area (Å²) in [4.78, 5) is 22.7. The molecule has 0 unspecified atom stereocenters. The molecule has 0 aromatic rings. The zero-order chi connectivity index (χ0) is 13.1. The first-order valence-electron chi connectivity index (χ1n) is 5.98. The highest BCUT2D eigenvalue weighted by atomic mass is 16.6. The third-order valence-corrected chi connectivity index (χ3v) is 2.48. The van der Waals surface area contributed by atoms with E-state index in [0.717, 1.165) is 0 Å². The Morgan fingerprint density at radius 3 is 2.35 bits per heavy atom. The van der Waals surface area contributed by atoms with E-state index in [1.54, 1.807) is 6.92 Å². The summed E-state index contributed by atoms with van der Waals surface area (Å²) >= 11 is 0. The summed E-state index contributed by atoms with van der Waals surface area (Å²) in [6.07, 6.45) is 0.848. The normalized spacial score (nSPS) is 23.5. The van der Waals surface area contributed by atoms with Gasteiger partial charge < -0.3 is 14.8 Å². The Bertz CT molecular complexity index is 289. The van der Waals surface area contributed by atoms with E-state index in [-0.39, 0.29) is 17.9 Å². The molecule has 1 rings (SSSR count). The average molecular weight is 243 g/mol. The molecule has 5 heteroatoms. The van der Waals surface area contributed by atoms with Crippen molar-refractivity contribution in [1.82, 2.24) is 5.32 Å². The summed E-state index contributed by atoms with van der Waals surface area (Å²) in [6.45, 7) is 7.63. The van der Waals surface area contributed by atoms with Crippen molar-refractivity contribution in [2.24, 2.45) is 5.92 Å². The van der Waals surface area contributed by atoms with Gasteiger partial charge in [-0.1, -0.05) is 0 Å². The second-order valence-electron chi connectivity index (χ2n) is 5.26. The summed E-state index contributed by atoms with van der Waals surface area (Å²) in [5, 5.41) is 2.73. The zero-order valence-corrected chi connectivity index (χ0v) is 10.9. The van der Waals surface area contributed by atoms with Crippen LogP contribution in [-0.4, -0.2) is 30.3 Å². The van der Waals surface area contributed by atoms with Gasteiger partial charge in [0, 0.05) is 6.04 Å². The van der Waals surface area contributed by atoms with Gasteiger partial charge in [0.25, 0.3) is 0 Å². The standard InChI is InChI=1S/C12H21NO4/c1-5-16-10(14)8-6-9(7-8)13-11(15)17-12(2,3)4/h8-9H,5-7H2,1-4H3,(H,13,15). The number of alkyl carbamates (subject to hydrolysis) is 1. The van der Waals surface area contributed by atoms with Crippen molar-refractivity contribution in [3.05, 3.63) is 0 Å². The molecule has 0 spiro atoms. The van der Waals surface area contributed by atoms with Gasteiger partial charge >= 0.3 is 12.1 Å². The maximum absolute atomic E-state index is 11.4. The van der Waals surface area contributed by atoms with Crippen LogP contribution in [0.3, 0.4) is 0 Å². The predicted octanol–water partition coefficient (Wildman–Crippen LogP) is 1.85. The molecule has 98 valence electrons. The van der Waals surface area contributed by atoms with Crippen molar-refractivity contribution >= 4 is 12.1 Å². The number of ether oxygens (including phenoxy) is 2. The van der Waals surface area contributed by atoms with Crippen LogP contribution in [0.25, 0.3) is 0 Å². The van der Waals surface area contributed by atoms with E-state index in [1.807, 2.05) is 20.8 Å². The second-order valence-corrected chi connectivity index (χ2v) is 5.26. The molecule has 0 bridgehead atoms. The number of esters is 1. The number of hydrogen-bond acceptors (Lipinski definition) is 4. The fraction of sp³-hybridized carbons (Fsp3) is 0.833. The molecule has 1 N–H and O–H groups in total. The zero-order valence-electron chi connectivity index (χ0n) is 10.9. The van der Waals surface area contributed by atoms with Gasteiger partial charge in [-0.25, -0.2) is 4.79 Å². The lowest BCUT2D eigenvalue weighted by atomic mass is 9.80. The van der Waals surface area contributed by atoms with E-state index >= 15 is 0 Å². The molecule has 17 heavy (non-hydrogen) atoms. The molecule has 0 aromatic carbocycles. The lowest BCUT2D eigenvalue weighted by molar-refractivity contribution is -0.151. The molecule has 1 amide bonds. The maximum Gasteiger partial charge on any atom is 0.407 e. The molecule has 0 radical (unpaired) electrons. The number of rotatable bonds is 3. The van der Waals surface area contributed by atoms with Gasteiger partial charge in [0.2, 0.25) is 0 Å². The van der Waals surface area contributed by atoms with Crippen LogP contribution in [0.5, 0.6) is 0 Å². The molecule has 1 aliphatic rings. The largest absolute Gasteiger partial charge is 0.466 e. The maximum atomic E-state index is 11.4. The molecule has 1 saturated carbocycles. The molecule has 5 nitrogen and oxygen atoms in total. The van der Waals surface area contributed by atoms with Crippen LogP contribution in [0.2, 0.25) is 0 Å². The minimum atomic E-state index is -0.492. The highest BCUT2D eigenvalue weighted by Crippen LogP contribution is 2.28. The predicted molar refractivity (Wildman–Crippen MR) is 62.5 cm³/mol. The van der Waals surface area contributed by atoms with Gasteiger partial charge in [0.05, 0.1) is 12.5 Å². The summed E-state index contributed by atoms with van der Waals surface area (Å²) < 4.78 is 10.0. The van der Waals surface area contributed by atoms with Crippen LogP contribution in [0.1, 0.15) is 40.5 Å². The topological polar surface area (TPSA) is 64.6 Å². The van der Waals surface area contributed by atoms with Crippen LogP contribution in [-0.2, 0) is 14.3 Å². The van der Waals surface area contributed by atoms with Crippen molar-refractivity contribution in [2.75, 3.05) is 6.61 Å². The van der Waals surface area contributed by atoms with Gasteiger partial charge in [-0.2, -0.15) is 0 Å². The Hall–Kier alpha value is -1.26. The van der Waals surface area contributed by atoms with E-state index < -0.39 is 11.7 Å². The van der Waals surface area contributed by atoms with Gasteiger partial charge in [-0.15, -0.1) is 0 Å². The monoisotopic (exact) mass is 243 g/mol. The Kier molecular flexibility index (Phi) is 4.37. The van der Waals surface area contributed by atoms with E-state index in [0.29, 0.717) is 19.4 Å². The van der Waals surface area contributed by atoms with E-state index in [2.05, 4.69) is 5.32 Å². The molecule has 0 saturated heterocycles. The lowest BCUT2D eigenvalue weighted by Crippen LogP contribution is -2.48. The Balaban J connectivity index is 2.21. The Morgan fingerprint density at radius 2 is 1.88 bits per heavy atom. The average Bonchev–Trinajstić information content (AvgIpc) is 2.07. The van der Waals surface area contributed by atoms with Crippen molar-refractivity contribution in [3.8, 4) is 0 Å². The third-order valence-electron chi connectivity index (χ3n) is 2.48. The first-order chi connectivity index (χ1) is 7.81. The van der Waals surface area contributed by atoms with Crippen LogP contribution in [0.4, 0.5) is 4.79 Å². The highest BCUT2D eigenvalue weighted by molar-refractivity contribution is 5.74. The first kappa shape index (κ1) is 13.8. The fourth-order valence-corrected chi connectivity index (χ4v) is 1.66. The summed E-state index contributed by atoms with van der Waals surface area (Å²) in [6, 6.07) is 0.0271. The molecule has 1 fully saturated rings. The smallest absolute Gasteiger partial charge is 0.407 e. The molecule has 0 aliphatic heterocycles. The van der Waals surface area contributed by atoms with Gasteiger partial charge in [0.1, 0.15) is 5.60 Å². The summed E-state index contributed by atoms with van der Waals surface area (Å²) in [5.41, 5.74) is -0.492. The van der Waals surface area contributed by atoms with E-state index in [1.165, 1.54) is 0 Å². The lowest BCUT2D eigenvalue weighted by Gasteiger charge is -2.34. The summed E-state index contributed by atoms with van der Waals surface area (Å²) in [5.74, 6) is -0.246. The SMILES string of the molecule is CCOC(=O)C1CC(NC(=O)OC(C)(C)C)C1. The number of amides is 1. The van der Waals surface area contributed by atoms with E-state index in [4.69, 9.17) is 9.47 Å². The third kappa shape index (κ3) is 4.63. The number of carbonyl (C=O) groups is 2. The molecular weight excluding hydrogens is 222 g/mol. The van der Waals surface area contributed by atoms with Crippen molar-refractivity contribution in [1.29, 1.82) is 0 Å². The number of nitrogens with one attached hydrogen (secondary N) is 1. The molecule has 0 atom stereocenters. The van der Waals surface area contributed by atoms with Gasteiger partial charge in [-0.05, 0) is 40.5 Å². The summed E-state index contributed by atoms with van der Waals surface area (Å²) in [7, 11) is 0.